The molecule has 0 fully saturated rings. The SMILES string of the molecule is NCC#Cc1cc(C(=O)O)cnc1N. The number of nitrogen functional groups attached to an aromatic ring is 1. The quantitative estimate of drug-likeness (QED) is 0.527. The molecule has 0 aliphatic heterocycles. The maximum Gasteiger partial charge on any atom is 0.337 e. The van der Waals surface area contributed by atoms with Crippen molar-refractivity contribution in [2.45, 2.75) is 0 Å². The fourth-order valence-corrected chi connectivity index (χ4v) is 0.839. The van der Waals surface area contributed by atoms with Gasteiger partial charge in [0.05, 0.1) is 17.7 Å². The summed E-state index contributed by atoms with van der Waals surface area (Å²) in [6, 6.07) is 1.37. The molecule has 5 nitrogen and oxygen atoms in total. The standard InChI is InChI=1S/C9H9N3O2/c10-3-1-2-6-4-7(9(13)14)5-12-8(6)11/h4-5H,3,10H2,(H2,11,12)(H,13,14). The Morgan fingerprint density at radius 1 is 1.64 bits per heavy atom. The van der Waals surface area contributed by atoms with Gasteiger partial charge in [0.2, 0.25) is 0 Å². The zero-order valence-electron chi connectivity index (χ0n) is 7.32. The molecule has 0 aliphatic carbocycles. The van der Waals surface area contributed by atoms with E-state index in [4.69, 9.17) is 16.6 Å². The molecule has 0 saturated heterocycles. The summed E-state index contributed by atoms with van der Waals surface area (Å²) in [5.41, 5.74) is 11.1. The van der Waals surface area contributed by atoms with Crippen LogP contribution < -0.4 is 11.5 Å². The number of pyridine rings is 1. The number of carboxylic acid groups (broad SMARTS) is 1. The molecule has 14 heavy (non-hydrogen) atoms. The van der Waals surface area contributed by atoms with E-state index in [0.29, 0.717) is 5.56 Å². The summed E-state index contributed by atoms with van der Waals surface area (Å²) in [6.45, 7) is 0.191. The van der Waals surface area contributed by atoms with Crippen LogP contribution in [0.3, 0.4) is 0 Å². The predicted octanol–water partition coefficient (Wildman–Crippen LogP) is -0.328. The monoisotopic (exact) mass is 191 g/mol. The lowest BCUT2D eigenvalue weighted by molar-refractivity contribution is 0.0696. The summed E-state index contributed by atoms with van der Waals surface area (Å²) in [5.74, 6) is 4.36. The van der Waals surface area contributed by atoms with Crippen molar-refractivity contribution in [1.29, 1.82) is 0 Å². The number of hydrogen-bond acceptors (Lipinski definition) is 4. The van der Waals surface area contributed by atoms with Crippen LogP contribution in [0.5, 0.6) is 0 Å². The zero-order valence-corrected chi connectivity index (χ0v) is 7.32. The fraction of sp³-hybridized carbons (Fsp3) is 0.111. The zero-order chi connectivity index (χ0) is 10.6. The van der Waals surface area contributed by atoms with E-state index in [1.807, 2.05) is 0 Å². The second-order valence-electron chi connectivity index (χ2n) is 2.47. The van der Waals surface area contributed by atoms with Gasteiger partial charge in [-0.3, -0.25) is 0 Å². The Balaban J connectivity index is 3.14. The molecule has 5 N–H and O–H groups in total. The number of anilines is 1. The molecule has 0 amide bonds. The number of rotatable bonds is 1. The molecule has 0 atom stereocenters. The van der Waals surface area contributed by atoms with Crippen LogP contribution in [0.1, 0.15) is 15.9 Å². The molecule has 0 spiro atoms. The first-order valence-corrected chi connectivity index (χ1v) is 3.83. The van der Waals surface area contributed by atoms with Crippen molar-refractivity contribution < 1.29 is 9.90 Å². The van der Waals surface area contributed by atoms with Gasteiger partial charge in [-0.2, -0.15) is 0 Å². The maximum absolute atomic E-state index is 10.6. The van der Waals surface area contributed by atoms with Gasteiger partial charge >= 0.3 is 5.97 Å². The largest absolute Gasteiger partial charge is 0.478 e. The van der Waals surface area contributed by atoms with Crippen molar-refractivity contribution >= 4 is 11.8 Å². The topological polar surface area (TPSA) is 102 Å². The minimum absolute atomic E-state index is 0.0560. The Morgan fingerprint density at radius 3 is 2.93 bits per heavy atom. The Hall–Kier alpha value is -2.06. The average molecular weight is 191 g/mol. The summed E-state index contributed by atoms with van der Waals surface area (Å²) in [4.78, 5) is 14.3. The third kappa shape index (κ3) is 2.21. The third-order valence-electron chi connectivity index (χ3n) is 1.49. The van der Waals surface area contributed by atoms with Crippen LogP contribution in [-0.4, -0.2) is 22.6 Å². The molecule has 0 unspecified atom stereocenters. The van der Waals surface area contributed by atoms with E-state index in [9.17, 15) is 4.79 Å². The molecular formula is C9H9N3O2. The number of carboxylic acids is 1. The van der Waals surface area contributed by atoms with E-state index in [-0.39, 0.29) is 17.9 Å². The summed E-state index contributed by atoms with van der Waals surface area (Å²) in [6.07, 6.45) is 1.19. The highest BCUT2D eigenvalue weighted by molar-refractivity contribution is 5.88. The van der Waals surface area contributed by atoms with Gasteiger partial charge in [0, 0.05) is 6.20 Å². The van der Waals surface area contributed by atoms with Gasteiger partial charge in [-0.15, -0.1) is 0 Å². The third-order valence-corrected chi connectivity index (χ3v) is 1.49. The molecule has 1 aromatic rings. The van der Waals surface area contributed by atoms with Crippen LogP contribution in [0.25, 0.3) is 0 Å². The van der Waals surface area contributed by atoms with Crippen molar-refractivity contribution in [3.05, 3.63) is 23.4 Å². The number of nitrogens with two attached hydrogens (primary N) is 2. The second-order valence-corrected chi connectivity index (χ2v) is 2.47. The van der Waals surface area contributed by atoms with Crippen LogP contribution in [0.15, 0.2) is 12.3 Å². The first-order chi connectivity index (χ1) is 6.65. The number of aromatic carboxylic acids is 1. The Labute approximate surface area is 80.7 Å². The number of nitrogens with zero attached hydrogens (tertiary/aromatic N) is 1. The van der Waals surface area contributed by atoms with Crippen molar-refractivity contribution in [1.82, 2.24) is 4.98 Å². The number of hydrogen-bond donors (Lipinski definition) is 3. The van der Waals surface area contributed by atoms with E-state index in [2.05, 4.69) is 16.8 Å². The van der Waals surface area contributed by atoms with E-state index in [1.165, 1.54) is 12.3 Å². The van der Waals surface area contributed by atoms with E-state index < -0.39 is 5.97 Å². The molecule has 0 bridgehead atoms. The summed E-state index contributed by atoms with van der Waals surface area (Å²) in [5, 5.41) is 8.67. The lowest BCUT2D eigenvalue weighted by atomic mass is 10.2. The summed E-state index contributed by atoms with van der Waals surface area (Å²) in [7, 11) is 0. The highest BCUT2D eigenvalue weighted by Gasteiger charge is 2.05. The second kappa shape index (κ2) is 4.25. The van der Waals surface area contributed by atoms with Gasteiger partial charge in [0.25, 0.3) is 0 Å². The minimum atomic E-state index is -1.06. The molecule has 5 heteroatoms. The highest BCUT2D eigenvalue weighted by Crippen LogP contribution is 2.09. The average Bonchev–Trinajstić information content (AvgIpc) is 2.16. The Bertz CT molecular complexity index is 418. The van der Waals surface area contributed by atoms with Gasteiger partial charge in [-0.25, -0.2) is 9.78 Å². The molecule has 72 valence electrons. The minimum Gasteiger partial charge on any atom is -0.478 e. The lowest BCUT2D eigenvalue weighted by Crippen LogP contribution is -2.02. The van der Waals surface area contributed by atoms with Crippen LogP contribution in [0.2, 0.25) is 0 Å². The van der Waals surface area contributed by atoms with Crippen LogP contribution in [0.4, 0.5) is 5.82 Å². The number of carbonyl (C=O) groups is 1. The van der Waals surface area contributed by atoms with Crippen LogP contribution in [-0.2, 0) is 0 Å². The van der Waals surface area contributed by atoms with Crippen molar-refractivity contribution in [3.8, 4) is 11.8 Å². The van der Waals surface area contributed by atoms with E-state index in [0.717, 1.165) is 0 Å². The molecule has 0 aromatic carbocycles. The van der Waals surface area contributed by atoms with Crippen molar-refractivity contribution in [2.75, 3.05) is 12.3 Å². The maximum atomic E-state index is 10.6. The van der Waals surface area contributed by atoms with Gasteiger partial charge < -0.3 is 16.6 Å². The molecule has 0 radical (unpaired) electrons. The van der Waals surface area contributed by atoms with E-state index in [1.54, 1.807) is 0 Å². The first-order valence-electron chi connectivity index (χ1n) is 3.83. The first kappa shape index (κ1) is 10.0. The molecule has 0 saturated carbocycles. The molecule has 1 heterocycles. The Morgan fingerprint density at radius 2 is 2.36 bits per heavy atom. The van der Waals surface area contributed by atoms with Gasteiger partial charge in [-0.1, -0.05) is 11.8 Å². The lowest BCUT2D eigenvalue weighted by Gasteiger charge is -1.98. The highest BCUT2D eigenvalue weighted by atomic mass is 16.4. The summed E-state index contributed by atoms with van der Waals surface area (Å²) < 4.78 is 0. The summed E-state index contributed by atoms with van der Waals surface area (Å²) >= 11 is 0. The smallest absolute Gasteiger partial charge is 0.337 e. The van der Waals surface area contributed by atoms with Gasteiger partial charge in [0.15, 0.2) is 0 Å². The van der Waals surface area contributed by atoms with E-state index >= 15 is 0 Å². The van der Waals surface area contributed by atoms with Gasteiger partial charge in [0.1, 0.15) is 5.82 Å². The normalized spacial score (nSPS) is 8.93. The number of aromatic nitrogens is 1. The molecule has 0 aliphatic rings. The fourth-order valence-electron chi connectivity index (χ4n) is 0.839. The van der Waals surface area contributed by atoms with Gasteiger partial charge in [-0.05, 0) is 6.07 Å². The van der Waals surface area contributed by atoms with Crippen molar-refractivity contribution in [2.24, 2.45) is 5.73 Å². The molecular weight excluding hydrogens is 182 g/mol. The Kier molecular flexibility index (Phi) is 3.05. The molecule has 1 aromatic heterocycles. The van der Waals surface area contributed by atoms with Crippen molar-refractivity contribution in [3.63, 3.8) is 0 Å². The van der Waals surface area contributed by atoms with Crippen LogP contribution in [0, 0.1) is 11.8 Å². The van der Waals surface area contributed by atoms with Crippen LogP contribution >= 0.6 is 0 Å². The predicted molar refractivity (Wildman–Crippen MR) is 51.5 cm³/mol. The molecule has 1 rings (SSSR count).